The lowest BCUT2D eigenvalue weighted by Gasteiger charge is -2.08. The number of para-hydroxylation sites is 1. The number of aromatic nitrogens is 2. The zero-order valence-corrected chi connectivity index (χ0v) is 13.7. The van der Waals surface area contributed by atoms with Crippen molar-refractivity contribution in [2.24, 2.45) is 14.1 Å². The van der Waals surface area contributed by atoms with Gasteiger partial charge in [0.1, 0.15) is 5.75 Å². The number of hydrogen-bond acceptors (Lipinski definition) is 3. The Morgan fingerprint density at radius 1 is 1.04 bits per heavy atom. The Hall–Kier alpha value is -3.02. The summed E-state index contributed by atoms with van der Waals surface area (Å²) in [6.45, 7) is 0.353. The average Bonchev–Trinajstić information content (AvgIpc) is 2.83. The molecule has 0 saturated heterocycles. The molecule has 124 valence electrons. The third-order valence-electron chi connectivity index (χ3n) is 3.94. The summed E-state index contributed by atoms with van der Waals surface area (Å²) in [5.41, 5.74) is 2.57. The Morgan fingerprint density at radius 3 is 2.50 bits per heavy atom. The quantitative estimate of drug-likeness (QED) is 0.774. The Balaban J connectivity index is 1.62. The van der Waals surface area contributed by atoms with Gasteiger partial charge in [-0.2, -0.15) is 0 Å². The predicted octanol–water partition coefficient (Wildman–Crippen LogP) is 1.57. The van der Waals surface area contributed by atoms with Crippen molar-refractivity contribution in [2.75, 3.05) is 6.61 Å². The van der Waals surface area contributed by atoms with E-state index in [4.69, 9.17) is 4.74 Å². The number of carbonyl (C=O) groups excluding carboxylic acids is 1. The summed E-state index contributed by atoms with van der Waals surface area (Å²) in [4.78, 5) is 23.8. The van der Waals surface area contributed by atoms with Gasteiger partial charge < -0.3 is 10.1 Å². The van der Waals surface area contributed by atoms with E-state index in [0.29, 0.717) is 12.3 Å². The summed E-state index contributed by atoms with van der Waals surface area (Å²) in [5, 5.41) is 2.82. The number of imidazole rings is 1. The summed E-state index contributed by atoms with van der Waals surface area (Å²) in [6, 6.07) is 14.9. The van der Waals surface area contributed by atoms with Gasteiger partial charge in [0.15, 0.2) is 6.61 Å². The SMILES string of the molecule is Cn1c(=O)n(C)c2cc(CNC(=O)COc3ccccc3)ccc21. The van der Waals surface area contributed by atoms with Gasteiger partial charge in [-0.3, -0.25) is 13.9 Å². The van der Waals surface area contributed by atoms with Crippen molar-refractivity contribution in [1.29, 1.82) is 0 Å². The van der Waals surface area contributed by atoms with E-state index in [1.54, 1.807) is 35.4 Å². The molecule has 3 aromatic rings. The zero-order valence-electron chi connectivity index (χ0n) is 13.7. The molecule has 0 atom stereocenters. The van der Waals surface area contributed by atoms with Crippen LogP contribution in [0.5, 0.6) is 5.75 Å². The van der Waals surface area contributed by atoms with Crippen LogP contribution in [0, 0.1) is 0 Å². The highest BCUT2D eigenvalue weighted by Crippen LogP contribution is 2.14. The summed E-state index contributed by atoms with van der Waals surface area (Å²) >= 11 is 0. The molecule has 0 spiro atoms. The van der Waals surface area contributed by atoms with Crippen LogP contribution in [-0.4, -0.2) is 21.6 Å². The van der Waals surface area contributed by atoms with Gasteiger partial charge in [0.2, 0.25) is 0 Å². The van der Waals surface area contributed by atoms with Crippen molar-refractivity contribution >= 4 is 16.9 Å². The predicted molar refractivity (Wildman–Crippen MR) is 91.9 cm³/mol. The molecule has 2 aromatic carbocycles. The van der Waals surface area contributed by atoms with Crippen molar-refractivity contribution in [3.05, 3.63) is 64.6 Å². The first-order chi connectivity index (χ1) is 11.6. The molecule has 0 radical (unpaired) electrons. The second kappa shape index (κ2) is 6.62. The highest BCUT2D eigenvalue weighted by atomic mass is 16.5. The fourth-order valence-corrected chi connectivity index (χ4v) is 2.58. The molecule has 0 saturated carbocycles. The maximum Gasteiger partial charge on any atom is 0.328 e. The molecular weight excluding hydrogens is 306 g/mol. The molecule has 24 heavy (non-hydrogen) atoms. The van der Waals surface area contributed by atoms with Crippen molar-refractivity contribution in [2.45, 2.75) is 6.54 Å². The number of nitrogens with zero attached hydrogens (tertiary/aromatic N) is 2. The fourth-order valence-electron chi connectivity index (χ4n) is 2.58. The number of carbonyl (C=O) groups is 1. The topological polar surface area (TPSA) is 65.3 Å². The minimum absolute atomic E-state index is 0.0317. The molecule has 6 nitrogen and oxygen atoms in total. The summed E-state index contributed by atoms with van der Waals surface area (Å²) in [7, 11) is 3.48. The van der Waals surface area contributed by atoms with Crippen LogP contribution in [0.1, 0.15) is 5.56 Å². The number of ether oxygens (including phenoxy) is 1. The monoisotopic (exact) mass is 325 g/mol. The molecule has 3 rings (SSSR count). The van der Waals surface area contributed by atoms with E-state index in [0.717, 1.165) is 16.6 Å². The largest absolute Gasteiger partial charge is 0.484 e. The van der Waals surface area contributed by atoms with Gasteiger partial charge in [-0.15, -0.1) is 0 Å². The van der Waals surface area contributed by atoms with Crippen LogP contribution >= 0.6 is 0 Å². The van der Waals surface area contributed by atoms with Crippen LogP contribution < -0.4 is 15.7 Å². The number of fused-ring (bicyclic) bond motifs is 1. The Morgan fingerprint density at radius 2 is 1.75 bits per heavy atom. The van der Waals surface area contributed by atoms with Gasteiger partial charge in [-0.25, -0.2) is 4.79 Å². The summed E-state index contributed by atoms with van der Waals surface area (Å²) in [6.07, 6.45) is 0. The molecule has 1 amide bonds. The molecule has 1 heterocycles. The smallest absolute Gasteiger partial charge is 0.328 e. The van der Waals surface area contributed by atoms with Crippen molar-refractivity contribution in [3.63, 3.8) is 0 Å². The van der Waals surface area contributed by atoms with Crippen molar-refractivity contribution < 1.29 is 9.53 Å². The molecular formula is C18H19N3O3. The number of rotatable bonds is 5. The van der Waals surface area contributed by atoms with Gasteiger partial charge in [0.25, 0.3) is 5.91 Å². The molecule has 0 aliphatic heterocycles. The zero-order chi connectivity index (χ0) is 17.1. The number of aryl methyl sites for hydroxylation is 2. The van der Waals surface area contributed by atoms with E-state index in [2.05, 4.69) is 5.32 Å². The van der Waals surface area contributed by atoms with E-state index in [-0.39, 0.29) is 18.2 Å². The molecule has 0 bridgehead atoms. The second-order valence-corrected chi connectivity index (χ2v) is 5.60. The number of hydrogen-bond donors (Lipinski definition) is 1. The lowest BCUT2D eigenvalue weighted by molar-refractivity contribution is -0.123. The normalized spacial score (nSPS) is 10.8. The Bertz CT molecular complexity index is 926. The van der Waals surface area contributed by atoms with E-state index in [1.807, 2.05) is 36.4 Å². The van der Waals surface area contributed by atoms with Crippen LogP contribution in [0.15, 0.2) is 53.3 Å². The third kappa shape index (κ3) is 3.17. The number of benzene rings is 2. The Labute approximate surface area is 139 Å². The highest BCUT2D eigenvalue weighted by molar-refractivity contribution is 5.79. The Kier molecular flexibility index (Phi) is 4.37. The van der Waals surface area contributed by atoms with Crippen LogP contribution in [0.2, 0.25) is 0 Å². The summed E-state index contributed by atoms with van der Waals surface area (Å²) < 4.78 is 8.60. The molecule has 6 heteroatoms. The van der Waals surface area contributed by atoms with Crippen LogP contribution in [0.4, 0.5) is 0 Å². The number of amides is 1. The minimum atomic E-state index is -0.194. The first-order valence-corrected chi connectivity index (χ1v) is 7.65. The van der Waals surface area contributed by atoms with E-state index >= 15 is 0 Å². The van der Waals surface area contributed by atoms with Gasteiger partial charge >= 0.3 is 5.69 Å². The van der Waals surface area contributed by atoms with Crippen LogP contribution in [0.25, 0.3) is 11.0 Å². The fraction of sp³-hybridized carbons (Fsp3) is 0.222. The maximum atomic E-state index is 11.9. The molecule has 1 aromatic heterocycles. The second-order valence-electron chi connectivity index (χ2n) is 5.60. The maximum absolute atomic E-state index is 11.9. The molecule has 0 aliphatic rings. The molecule has 0 aliphatic carbocycles. The van der Waals surface area contributed by atoms with Gasteiger partial charge in [0.05, 0.1) is 11.0 Å². The van der Waals surface area contributed by atoms with Gasteiger partial charge in [-0.1, -0.05) is 24.3 Å². The summed E-state index contributed by atoms with van der Waals surface area (Å²) in [5.74, 6) is 0.467. The standard InChI is InChI=1S/C18H19N3O3/c1-20-15-9-8-13(10-16(15)21(2)18(20)23)11-19-17(22)12-24-14-6-4-3-5-7-14/h3-10H,11-12H2,1-2H3,(H,19,22). The molecule has 0 unspecified atom stereocenters. The minimum Gasteiger partial charge on any atom is -0.484 e. The number of nitrogens with one attached hydrogen (secondary N) is 1. The van der Waals surface area contributed by atoms with E-state index in [9.17, 15) is 9.59 Å². The van der Waals surface area contributed by atoms with Crippen LogP contribution in [0.3, 0.4) is 0 Å². The molecule has 0 fully saturated rings. The van der Waals surface area contributed by atoms with Crippen molar-refractivity contribution in [3.8, 4) is 5.75 Å². The first-order valence-electron chi connectivity index (χ1n) is 7.65. The molecule has 1 N–H and O–H groups in total. The average molecular weight is 325 g/mol. The lowest BCUT2D eigenvalue weighted by Crippen LogP contribution is -2.28. The lowest BCUT2D eigenvalue weighted by atomic mass is 10.2. The highest BCUT2D eigenvalue weighted by Gasteiger charge is 2.09. The van der Waals surface area contributed by atoms with Gasteiger partial charge in [-0.05, 0) is 29.8 Å². The third-order valence-corrected chi connectivity index (χ3v) is 3.94. The van der Waals surface area contributed by atoms with E-state index < -0.39 is 0 Å². The van der Waals surface area contributed by atoms with Crippen molar-refractivity contribution in [1.82, 2.24) is 14.5 Å². The van der Waals surface area contributed by atoms with E-state index in [1.165, 1.54) is 0 Å². The van der Waals surface area contributed by atoms with Crippen LogP contribution in [-0.2, 0) is 25.4 Å². The first kappa shape index (κ1) is 15.9. The van der Waals surface area contributed by atoms with Gasteiger partial charge in [0, 0.05) is 20.6 Å².